The second kappa shape index (κ2) is 9.35. The largest absolute Gasteiger partial charge is 0.372 e. The maximum atomic E-state index is 12.8. The highest BCUT2D eigenvalue weighted by atomic mass is 35.5. The molecule has 1 aromatic heterocycles. The molecule has 3 heterocycles. The molecule has 0 saturated carbocycles. The van der Waals surface area contributed by atoms with E-state index in [0.29, 0.717) is 18.8 Å². The first-order valence-electron chi connectivity index (χ1n) is 10.7. The third-order valence-electron chi connectivity index (χ3n) is 5.63. The minimum absolute atomic E-state index is 0.0676. The number of carbonyl (C=O) groups excluding carboxylic acids is 1. The molecule has 2 atom stereocenters. The summed E-state index contributed by atoms with van der Waals surface area (Å²) in [6.45, 7) is 6.53. The van der Waals surface area contributed by atoms with Crippen LogP contribution >= 0.6 is 11.6 Å². The number of morpholine rings is 1. The average molecular weight is 479 g/mol. The van der Waals surface area contributed by atoms with E-state index < -0.39 is 15.9 Å². The molecule has 0 bridgehead atoms. The lowest BCUT2D eigenvalue weighted by Crippen LogP contribution is -2.45. The third-order valence-corrected chi connectivity index (χ3v) is 7.86. The van der Waals surface area contributed by atoms with Crippen molar-refractivity contribution in [1.82, 2.24) is 9.29 Å². The molecule has 2 saturated heterocycles. The average Bonchev–Trinajstić information content (AvgIpc) is 3.29. The zero-order valence-corrected chi connectivity index (χ0v) is 19.7. The Morgan fingerprint density at radius 1 is 1.12 bits per heavy atom. The fourth-order valence-corrected chi connectivity index (χ4v) is 5.87. The van der Waals surface area contributed by atoms with Crippen LogP contribution in [0.4, 0.5) is 11.5 Å². The molecule has 1 aromatic carbocycles. The van der Waals surface area contributed by atoms with Crippen LogP contribution < -0.4 is 10.2 Å². The molecular formula is C22H27ClN4O4S. The van der Waals surface area contributed by atoms with E-state index >= 15 is 0 Å². The fraction of sp³-hybridized carbons (Fsp3) is 0.455. The van der Waals surface area contributed by atoms with Gasteiger partial charge in [0.2, 0.25) is 10.0 Å². The van der Waals surface area contributed by atoms with Gasteiger partial charge in [0.25, 0.3) is 5.91 Å². The predicted octanol–water partition coefficient (Wildman–Crippen LogP) is 3.39. The highest BCUT2D eigenvalue weighted by Crippen LogP contribution is 2.26. The van der Waals surface area contributed by atoms with Crippen LogP contribution in [0.1, 0.15) is 37.0 Å². The number of pyridine rings is 1. The van der Waals surface area contributed by atoms with E-state index in [1.165, 1.54) is 22.5 Å². The van der Waals surface area contributed by atoms with Crippen LogP contribution in [0.5, 0.6) is 0 Å². The number of ether oxygens (including phenoxy) is 1. The Morgan fingerprint density at radius 2 is 1.81 bits per heavy atom. The van der Waals surface area contributed by atoms with Gasteiger partial charge < -0.3 is 15.0 Å². The van der Waals surface area contributed by atoms with Crippen molar-refractivity contribution < 1.29 is 17.9 Å². The molecule has 10 heteroatoms. The van der Waals surface area contributed by atoms with E-state index in [0.717, 1.165) is 31.7 Å². The topological polar surface area (TPSA) is 91.8 Å². The number of benzene rings is 1. The SMILES string of the molecule is CC1CN(c2ccc(NC(=O)c3cc(S(=O)(=O)N4CCCC4)ccc3Cl)cn2)CC(C)O1. The van der Waals surface area contributed by atoms with Crippen LogP contribution in [0, 0.1) is 0 Å². The van der Waals surface area contributed by atoms with Crippen molar-refractivity contribution in [2.75, 3.05) is 36.4 Å². The zero-order chi connectivity index (χ0) is 22.9. The normalized spacial score (nSPS) is 22.2. The summed E-state index contributed by atoms with van der Waals surface area (Å²) in [4.78, 5) is 19.5. The van der Waals surface area contributed by atoms with Crippen LogP contribution in [0.2, 0.25) is 5.02 Å². The first kappa shape index (κ1) is 23.0. The Hall–Kier alpha value is -2.20. The number of nitrogens with one attached hydrogen (secondary N) is 1. The number of hydrogen-bond donors (Lipinski definition) is 1. The summed E-state index contributed by atoms with van der Waals surface area (Å²) >= 11 is 6.22. The van der Waals surface area contributed by atoms with Gasteiger partial charge in [-0.1, -0.05) is 11.6 Å². The van der Waals surface area contributed by atoms with Crippen LogP contribution in [0.25, 0.3) is 0 Å². The minimum atomic E-state index is -3.64. The fourth-order valence-electron chi connectivity index (χ4n) is 4.13. The molecule has 2 fully saturated rings. The van der Waals surface area contributed by atoms with Crippen LogP contribution in [-0.4, -0.2) is 62.0 Å². The van der Waals surface area contributed by atoms with Crippen molar-refractivity contribution in [3.05, 3.63) is 47.1 Å². The smallest absolute Gasteiger partial charge is 0.257 e. The number of hydrogen-bond acceptors (Lipinski definition) is 6. The van der Waals surface area contributed by atoms with Gasteiger partial charge in [0.05, 0.1) is 39.6 Å². The standard InChI is InChI=1S/C22H27ClN4O4S/c1-15-13-26(14-16(2)31-15)21-8-5-17(12-24-21)25-22(28)19-11-18(6-7-20(19)23)32(29,30)27-9-3-4-10-27/h5-8,11-12,15-16H,3-4,9-10,13-14H2,1-2H3,(H,25,28). The number of carbonyl (C=O) groups is 1. The van der Waals surface area contributed by atoms with Gasteiger partial charge in [-0.05, 0) is 57.0 Å². The highest BCUT2D eigenvalue weighted by molar-refractivity contribution is 7.89. The first-order chi connectivity index (χ1) is 15.2. The molecule has 2 aliphatic heterocycles. The molecule has 0 radical (unpaired) electrons. The van der Waals surface area contributed by atoms with Crippen molar-refractivity contribution in [1.29, 1.82) is 0 Å². The van der Waals surface area contributed by atoms with Gasteiger partial charge in [-0.2, -0.15) is 4.31 Å². The molecule has 4 rings (SSSR count). The van der Waals surface area contributed by atoms with Gasteiger partial charge in [-0.15, -0.1) is 0 Å². The predicted molar refractivity (Wildman–Crippen MR) is 124 cm³/mol. The summed E-state index contributed by atoms with van der Waals surface area (Å²) in [5.74, 6) is 0.318. The lowest BCUT2D eigenvalue weighted by atomic mass is 10.2. The maximum Gasteiger partial charge on any atom is 0.257 e. The molecule has 1 amide bonds. The molecule has 0 spiro atoms. The van der Waals surface area contributed by atoms with Crippen LogP contribution in [0.15, 0.2) is 41.4 Å². The Bertz CT molecular complexity index is 1080. The summed E-state index contributed by atoms with van der Waals surface area (Å²) in [6, 6.07) is 7.83. The van der Waals surface area contributed by atoms with Gasteiger partial charge in [0, 0.05) is 26.2 Å². The Balaban J connectivity index is 1.49. The molecule has 2 unspecified atom stereocenters. The number of halogens is 1. The van der Waals surface area contributed by atoms with E-state index in [-0.39, 0.29) is 27.7 Å². The highest BCUT2D eigenvalue weighted by Gasteiger charge is 2.28. The number of anilines is 2. The van der Waals surface area contributed by atoms with Crippen LogP contribution in [-0.2, 0) is 14.8 Å². The molecule has 1 N–H and O–H groups in total. The Morgan fingerprint density at radius 3 is 2.44 bits per heavy atom. The second-order valence-corrected chi connectivity index (χ2v) is 10.6. The maximum absolute atomic E-state index is 12.8. The van der Waals surface area contributed by atoms with Gasteiger partial charge in [-0.25, -0.2) is 13.4 Å². The van der Waals surface area contributed by atoms with E-state index in [9.17, 15) is 13.2 Å². The van der Waals surface area contributed by atoms with E-state index in [2.05, 4.69) is 15.2 Å². The van der Waals surface area contributed by atoms with Crippen molar-refractivity contribution >= 4 is 39.0 Å². The molecule has 172 valence electrons. The molecule has 32 heavy (non-hydrogen) atoms. The number of aromatic nitrogens is 1. The lowest BCUT2D eigenvalue weighted by molar-refractivity contribution is -0.00545. The molecule has 2 aliphatic rings. The Kier molecular flexibility index (Phi) is 6.71. The molecule has 0 aliphatic carbocycles. The van der Waals surface area contributed by atoms with Gasteiger partial charge in [0.1, 0.15) is 5.82 Å². The van der Waals surface area contributed by atoms with E-state index in [1.54, 1.807) is 12.3 Å². The number of sulfonamides is 1. The molecule has 8 nitrogen and oxygen atoms in total. The second-order valence-electron chi connectivity index (χ2n) is 8.27. The van der Waals surface area contributed by atoms with E-state index in [4.69, 9.17) is 16.3 Å². The summed E-state index contributed by atoms with van der Waals surface area (Å²) in [5.41, 5.74) is 0.601. The third kappa shape index (κ3) is 4.91. The van der Waals surface area contributed by atoms with E-state index in [1.807, 2.05) is 19.9 Å². The monoisotopic (exact) mass is 478 g/mol. The van der Waals surface area contributed by atoms with Gasteiger partial charge in [-0.3, -0.25) is 4.79 Å². The van der Waals surface area contributed by atoms with Crippen molar-refractivity contribution in [3.63, 3.8) is 0 Å². The number of amides is 1. The molecular weight excluding hydrogens is 452 g/mol. The summed E-state index contributed by atoms with van der Waals surface area (Å²) in [7, 11) is -3.64. The van der Waals surface area contributed by atoms with Gasteiger partial charge in [0.15, 0.2) is 0 Å². The van der Waals surface area contributed by atoms with Crippen molar-refractivity contribution in [2.45, 2.75) is 43.8 Å². The summed E-state index contributed by atoms with van der Waals surface area (Å²) < 4.78 is 32.9. The zero-order valence-electron chi connectivity index (χ0n) is 18.1. The van der Waals surface area contributed by atoms with Crippen molar-refractivity contribution in [3.8, 4) is 0 Å². The molecule has 2 aromatic rings. The first-order valence-corrected chi connectivity index (χ1v) is 12.5. The minimum Gasteiger partial charge on any atom is -0.372 e. The summed E-state index contributed by atoms with van der Waals surface area (Å²) in [5, 5.41) is 2.94. The quantitative estimate of drug-likeness (QED) is 0.708. The summed E-state index contributed by atoms with van der Waals surface area (Å²) in [6.07, 6.45) is 3.49. The van der Waals surface area contributed by atoms with Crippen molar-refractivity contribution in [2.24, 2.45) is 0 Å². The van der Waals surface area contributed by atoms with Gasteiger partial charge >= 0.3 is 0 Å². The number of rotatable bonds is 5. The lowest BCUT2D eigenvalue weighted by Gasteiger charge is -2.36. The Labute approximate surface area is 193 Å². The van der Waals surface area contributed by atoms with Crippen LogP contribution in [0.3, 0.4) is 0 Å². The number of nitrogens with zero attached hydrogens (tertiary/aromatic N) is 3.